The first-order valence-corrected chi connectivity index (χ1v) is 5.56. The molecule has 0 amide bonds. The van der Waals surface area contributed by atoms with Crippen LogP contribution in [-0.2, 0) is 23.0 Å². The Labute approximate surface area is 96.7 Å². The van der Waals surface area contributed by atoms with Crippen molar-refractivity contribution < 1.29 is 9.53 Å². The Morgan fingerprint density at radius 2 is 2.44 bits per heavy atom. The molecule has 2 aromatic heterocycles. The van der Waals surface area contributed by atoms with Crippen molar-refractivity contribution in [3.05, 3.63) is 23.6 Å². The van der Waals surface area contributed by atoms with Gasteiger partial charge in [-0.1, -0.05) is 0 Å². The lowest BCUT2D eigenvalue weighted by Gasteiger charge is -1.96. The van der Waals surface area contributed by atoms with Crippen LogP contribution in [0.15, 0.2) is 17.9 Å². The van der Waals surface area contributed by atoms with Crippen LogP contribution in [0.5, 0.6) is 0 Å². The normalized spacial score (nSPS) is 10.4. The summed E-state index contributed by atoms with van der Waals surface area (Å²) in [6.07, 6.45) is 3.68. The maximum Gasteiger partial charge on any atom is 0.311 e. The second kappa shape index (κ2) is 4.44. The van der Waals surface area contributed by atoms with E-state index in [1.54, 1.807) is 12.5 Å². The highest BCUT2D eigenvalue weighted by molar-refractivity contribution is 7.13. The Bertz CT molecular complexity index is 504. The fraction of sp³-hybridized carbons (Fsp3) is 0.300. The van der Waals surface area contributed by atoms with Gasteiger partial charge in [-0.2, -0.15) is 0 Å². The number of thiazole rings is 1. The Morgan fingerprint density at radius 1 is 1.62 bits per heavy atom. The molecule has 0 N–H and O–H groups in total. The first-order valence-electron chi connectivity index (χ1n) is 4.68. The molecule has 2 aromatic rings. The van der Waals surface area contributed by atoms with Gasteiger partial charge in [0.15, 0.2) is 0 Å². The molecule has 16 heavy (non-hydrogen) atoms. The first-order chi connectivity index (χ1) is 7.70. The highest BCUT2D eigenvalue weighted by Crippen LogP contribution is 2.22. The topological polar surface area (TPSA) is 57.0 Å². The number of hydrogen-bond donors (Lipinski definition) is 0. The van der Waals surface area contributed by atoms with E-state index in [0.717, 1.165) is 16.4 Å². The lowest BCUT2D eigenvalue weighted by atomic mass is 10.3. The molecule has 0 aliphatic rings. The minimum absolute atomic E-state index is 0.213. The molecule has 0 saturated heterocycles. The zero-order valence-corrected chi connectivity index (χ0v) is 9.82. The van der Waals surface area contributed by atoms with E-state index < -0.39 is 0 Å². The van der Waals surface area contributed by atoms with Crippen LogP contribution in [0.1, 0.15) is 5.69 Å². The van der Waals surface area contributed by atoms with Crippen LogP contribution >= 0.6 is 11.3 Å². The van der Waals surface area contributed by atoms with Crippen molar-refractivity contribution >= 4 is 17.3 Å². The van der Waals surface area contributed by atoms with E-state index in [1.165, 1.54) is 18.4 Å². The van der Waals surface area contributed by atoms with E-state index in [-0.39, 0.29) is 12.4 Å². The van der Waals surface area contributed by atoms with Crippen molar-refractivity contribution in [2.75, 3.05) is 7.11 Å². The number of carbonyl (C=O) groups excluding carboxylic acids is 1. The van der Waals surface area contributed by atoms with Crippen molar-refractivity contribution in [2.45, 2.75) is 6.42 Å². The number of ether oxygens (including phenoxy) is 1. The predicted octanol–water partition coefficient (Wildman–Crippen LogP) is 1.26. The molecule has 0 aliphatic carbocycles. The van der Waals surface area contributed by atoms with Gasteiger partial charge >= 0.3 is 5.97 Å². The van der Waals surface area contributed by atoms with Crippen LogP contribution in [0.25, 0.3) is 10.7 Å². The molecule has 0 fully saturated rings. The van der Waals surface area contributed by atoms with Crippen LogP contribution in [0.3, 0.4) is 0 Å². The molecule has 0 saturated carbocycles. The van der Waals surface area contributed by atoms with E-state index in [2.05, 4.69) is 14.7 Å². The highest BCUT2D eigenvalue weighted by atomic mass is 32.1. The van der Waals surface area contributed by atoms with Crippen LogP contribution < -0.4 is 0 Å². The smallest absolute Gasteiger partial charge is 0.311 e. The third kappa shape index (κ3) is 2.11. The van der Waals surface area contributed by atoms with Crippen LogP contribution in [-0.4, -0.2) is 27.6 Å². The Kier molecular flexibility index (Phi) is 3.00. The minimum atomic E-state index is -0.276. The molecule has 6 heteroatoms. The van der Waals surface area contributed by atoms with E-state index in [4.69, 9.17) is 0 Å². The molecule has 0 unspecified atom stereocenters. The number of esters is 1. The number of hydrogen-bond acceptors (Lipinski definition) is 5. The second-order valence-electron chi connectivity index (χ2n) is 3.29. The molecule has 2 heterocycles. The van der Waals surface area contributed by atoms with Gasteiger partial charge < -0.3 is 9.30 Å². The zero-order valence-electron chi connectivity index (χ0n) is 9.01. The highest BCUT2D eigenvalue weighted by Gasteiger charge is 2.10. The summed E-state index contributed by atoms with van der Waals surface area (Å²) >= 11 is 1.49. The van der Waals surface area contributed by atoms with Crippen LogP contribution in [0.2, 0.25) is 0 Å². The summed E-state index contributed by atoms with van der Waals surface area (Å²) < 4.78 is 6.48. The minimum Gasteiger partial charge on any atom is -0.469 e. The van der Waals surface area contributed by atoms with Crippen LogP contribution in [0, 0.1) is 0 Å². The van der Waals surface area contributed by atoms with Crippen molar-refractivity contribution in [3.63, 3.8) is 0 Å². The van der Waals surface area contributed by atoms with Crippen LogP contribution in [0.4, 0.5) is 0 Å². The van der Waals surface area contributed by atoms with Gasteiger partial charge in [-0.15, -0.1) is 11.3 Å². The van der Waals surface area contributed by atoms with E-state index in [1.807, 2.05) is 17.0 Å². The molecule has 0 atom stereocenters. The third-order valence-electron chi connectivity index (χ3n) is 2.14. The van der Waals surface area contributed by atoms with Gasteiger partial charge in [-0.3, -0.25) is 4.79 Å². The van der Waals surface area contributed by atoms with Crippen molar-refractivity contribution in [2.24, 2.45) is 7.05 Å². The number of carbonyl (C=O) groups is 1. The Balaban J connectivity index is 2.20. The summed E-state index contributed by atoms with van der Waals surface area (Å²) in [5.74, 6) is -0.276. The number of nitrogens with zero attached hydrogens (tertiary/aromatic N) is 3. The molecule has 84 valence electrons. The SMILES string of the molecule is COC(=O)Cc1csc(-c2cncn2C)n1. The van der Waals surface area contributed by atoms with Gasteiger partial charge in [0.25, 0.3) is 0 Å². The molecular formula is C10H11N3O2S. The summed E-state index contributed by atoms with van der Waals surface area (Å²) in [5, 5.41) is 2.72. The molecule has 0 radical (unpaired) electrons. The van der Waals surface area contributed by atoms with E-state index >= 15 is 0 Å². The fourth-order valence-corrected chi connectivity index (χ4v) is 2.16. The number of methoxy groups -OCH3 is 1. The fourth-order valence-electron chi connectivity index (χ4n) is 1.29. The van der Waals surface area contributed by atoms with Gasteiger partial charge in [-0.05, 0) is 0 Å². The van der Waals surface area contributed by atoms with E-state index in [9.17, 15) is 4.79 Å². The standard InChI is InChI=1S/C10H11N3O2S/c1-13-6-11-4-8(13)10-12-7(5-16-10)3-9(14)15-2/h4-6H,3H2,1-2H3. The molecule has 2 rings (SSSR count). The van der Waals surface area contributed by atoms with Crippen molar-refractivity contribution in [3.8, 4) is 10.7 Å². The van der Waals surface area contributed by atoms with Gasteiger partial charge in [-0.25, -0.2) is 9.97 Å². The molecular weight excluding hydrogens is 226 g/mol. The van der Waals surface area contributed by atoms with Crippen molar-refractivity contribution in [1.29, 1.82) is 0 Å². The maximum absolute atomic E-state index is 11.1. The lowest BCUT2D eigenvalue weighted by molar-refractivity contribution is -0.139. The van der Waals surface area contributed by atoms with Gasteiger partial charge in [0.1, 0.15) is 5.01 Å². The Hall–Kier alpha value is -1.69. The second-order valence-corrected chi connectivity index (χ2v) is 4.14. The number of aryl methyl sites for hydroxylation is 1. The molecule has 5 nitrogen and oxygen atoms in total. The van der Waals surface area contributed by atoms with Crippen molar-refractivity contribution in [1.82, 2.24) is 14.5 Å². The summed E-state index contributed by atoms with van der Waals surface area (Å²) in [5.41, 5.74) is 1.68. The average Bonchev–Trinajstić information content (AvgIpc) is 2.86. The molecule has 0 spiro atoms. The molecule has 0 bridgehead atoms. The van der Waals surface area contributed by atoms with Gasteiger partial charge in [0.05, 0.1) is 37.4 Å². The summed E-state index contributed by atoms with van der Waals surface area (Å²) in [7, 11) is 3.28. The summed E-state index contributed by atoms with van der Waals surface area (Å²) in [6, 6.07) is 0. The lowest BCUT2D eigenvalue weighted by Crippen LogP contribution is -2.04. The summed E-state index contributed by atoms with van der Waals surface area (Å²) in [6.45, 7) is 0. The largest absolute Gasteiger partial charge is 0.469 e. The molecule has 0 aliphatic heterocycles. The maximum atomic E-state index is 11.1. The third-order valence-corrected chi connectivity index (χ3v) is 3.05. The Morgan fingerprint density at radius 3 is 3.06 bits per heavy atom. The number of rotatable bonds is 3. The molecule has 0 aromatic carbocycles. The summed E-state index contributed by atoms with van der Waals surface area (Å²) in [4.78, 5) is 19.4. The first kappa shape index (κ1) is 10.8. The predicted molar refractivity (Wildman–Crippen MR) is 60.0 cm³/mol. The van der Waals surface area contributed by atoms with Gasteiger partial charge in [0.2, 0.25) is 0 Å². The average molecular weight is 237 g/mol. The van der Waals surface area contributed by atoms with Gasteiger partial charge in [0, 0.05) is 12.4 Å². The quantitative estimate of drug-likeness (QED) is 0.754. The monoisotopic (exact) mass is 237 g/mol. The number of aromatic nitrogens is 3. The number of imidazole rings is 1. The van der Waals surface area contributed by atoms with E-state index in [0.29, 0.717) is 0 Å². The zero-order chi connectivity index (χ0) is 11.5.